The van der Waals surface area contributed by atoms with Crippen molar-refractivity contribution >= 4 is 16.9 Å². The molecule has 14 heteroatoms. The molecule has 0 saturated carbocycles. The molecule has 2 aromatic carbocycles. The molecule has 5 rings (SSSR count). The van der Waals surface area contributed by atoms with Crippen molar-refractivity contribution in [1.82, 2.24) is 24.6 Å². The van der Waals surface area contributed by atoms with Crippen LogP contribution in [0.2, 0.25) is 0 Å². The molecule has 1 saturated heterocycles. The molecule has 0 amide bonds. The van der Waals surface area contributed by atoms with Crippen LogP contribution < -0.4 is 9.46 Å². The van der Waals surface area contributed by atoms with Gasteiger partial charge in [-0.2, -0.15) is 32.0 Å². The van der Waals surface area contributed by atoms with E-state index in [1.165, 1.54) is 41.3 Å². The monoisotopic (exact) mass is 620 g/mol. The molecular formula is C29H29F5N6O2S. The highest BCUT2D eigenvalue weighted by Crippen LogP contribution is 2.51. The number of aromatic nitrogens is 4. The minimum atomic E-state index is -5.99. The van der Waals surface area contributed by atoms with E-state index in [2.05, 4.69) is 24.7 Å². The standard InChI is InChI=1S/C29H29F5N6O2S/c1-18-6-4-5-7-23(18)25-24(28(30,31)29(32,33)34)26(37-27(36-25)38-43(41)22-16-35-40(3)17-22)42-21-10-8-19(9-11-21)20-12-14-39(2)15-13-20/h4-11,16-17,20H,12-15H2,1-3H3,(H,36,37,38). The van der Waals surface area contributed by atoms with Gasteiger partial charge in [-0.1, -0.05) is 36.4 Å². The molecular weight excluding hydrogens is 591 g/mol. The summed E-state index contributed by atoms with van der Waals surface area (Å²) in [5.74, 6) is -6.59. The second kappa shape index (κ2) is 12.0. The fourth-order valence-electron chi connectivity index (χ4n) is 4.92. The van der Waals surface area contributed by atoms with E-state index in [9.17, 15) is 17.4 Å². The van der Waals surface area contributed by atoms with Crippen LogP contribution in [0.25, 0.3) is 11.3 Å². The number of likely N-dealkylation sites (tertiary alicyclic amines) is 1. The highest BCUT2D eigenvalue weighted by molar-refractivity contribution is 7.86. The molecule has 2 aromatic heterocycles. The highest BCUT2D eigenvalue weighted by atomic mass is 32.2. The summed E-state index contributed by atoms with van der Waals surface area (Å²) in [6.07, 6.45) is -1.36. The van der Waals surface area contributed by atoms with Crippen LogP contribution in [0.5, 0.6) is 11.6 Å². The van der Waals surface area contributed by atoms with E-state index >= 15 is 8.78 Å². The topological polar surface area (TPSA) is 85.2 Å². The van der Waals surface area contributed by atoms with Crippen LogP contribution in [-0.4, -0.2) is 55.2 Å². The Kier molecular flexibility index (Phi) is 8.52. The number of nitrogens with zero attached hydrogens (tertiary/aromatic N) is 5. The van der Waals surface area contributed by atoms with Crippen LogP contribution in [0, 0.1) is 6.92 Å². The van der Waals surface area contributed by atoms with Gasteiger partial charge < -0.3 is 9.64 Å². The predicted octanol–water partition coefficient (Wildman–Crippen LogP) is 6.58. The van der Waals surface area contributed by atoms with E-state index in [1.54, 1.807) is 38.2 Å². The predicted molar refractivity (Wildman–Crippen MR) is 151 cm³/mol. The summed E-state index contributed by atoms with van der Waals surface area (Å²) in [5.41, 5.74) is -0.862. The average molecular weight is 621 g/mol. The van der Waals surface area contributed by atoms with Crippen LogP contribution >= 0.6 is 0 Å². The third kappa shape index (κ3) is 6.54. The summed E-state index contributed by atoms with van der Waals surface area (Å²) >= 11 is 0. The number of alkyl halides is 5. The second-order valence-electron chi connectivity index (χ2n) is 10.4. The lowest BCUT2D eigenvalue weighted by Crippen LogP contribution is -2.35. The molecule has 1 N–H and O–H groups in total. The van der Waals surface area contributed by atoms with Crippen molar-refractivity contribution in [3.63, 3.8) is 0 Å². The number of ether oxygens (including phenoxy) is 1. The number of benzene rings is 2. The molecule has 228 valence electrons. The lowest BCUT2D eigenvalue weighted by Gasteiger charge is -2.29. The maximum atomic E-state index is 15.3. The minimum absolute atomic E-state index is 0.00139. The largest absolute Gasteiger partial charge is 0.458 e. The first-order valence-corrected chi connectivity index (χ1v) is 14.5. The van der Waals surface area contributed by atoms with Gasteiger partial charge >= 0.3 is 12.1 Å². The quantitative estimate of drug-likeness (QED) is 0.224. The zero-order chi connectivity index (χ0) is 30.9. The Labute approximate surface area is 247 Å². The number of hydrogen-bond acceptors (Lipinski definition) is 6. The van der Waals surface area contributed by atoms with E-state index in [-0.39, 0.29) is 16.2 Å². The van der Waals surface area contributed by atoms with E-state index < -0.39 is 46.2 Å². The summed E-state index contributed by atoms with van der Waals surface area (Å²) in [5, 5.41) is 3.94. The molecule has 1 aliphatic heterocycles. The molecule has 1 aliphatic rings. The summed E-state index contributed by atoms with van der Waals surface area (Å²) in [4.78, 5) is 10.4. The summed E-state index contributed by atoms with van der Waals surface area (Å²) < 4.78 is 94.9. The fourth-order valence-corrected chi connectivity index (χ4v) is 5.68. The summed E-state index contributed by atoms with van der Waals surface area (Å²) in [6, 6.07) is 12.6. The molecule has 8 nitrogen and oxygen atoms in total. The third-order valence-electron chi connectivity index (χ3n) is 7.31. The normalized spacial score (nSPS) is 15.8. The molecule has 0 spiro atoms. The number of aryl methyl sites for hydroxylation is 2. The van der Waals surface area contributed by atoms with Gasteiger partial charge in [-0.05, 0) is 69.1 Å². The lowest BCUT2D eigenvalue weighted by molar-refractivity contribution is -0.289. The maximum absolute atomic E-state index is 15.3. The molecule has 43 heavy (non-hydrogen) atoms. The van der Waals surface area contributed by atoms with Crippen LogP contribution in [0.15, 0.2) is 65.8 Å². The molecule has 4 aromatic rings. The van der Waals surface area contributed by atoms with E-state index in [1.807, 2.05) is 7.05 Å². The Hall–Kier alpha value is -3.91. The Balaban J connectivity index is 1.62. The Morgan fingerprint density at radius 1 is 0.977 bits per heavy atom. The zero-order valence-electron chi connectivity index (χ0n) is 23.5. The van der Waals surface area contributed by atoms with Gasteiger partial charge in [-0.15, -0.1) is 0 Å². The van der Waals surface area contributed by atoms with Gasteiger partial charge in [0.05, 0.1) is 16.8 Å². The highest BCUT2D eigenvalue weighted by Gasteiger charge is 2.62. The number of hydrogen-bond donors (Lipinski definition) is 1. The first-order chi connectivity index (χ1) is 20.3. The molecule has 1 unspecified atom stereocenters. The molecule has 0 aliphatic carbocycles. The van der Waals surface area contributed by atoms with Crippen molar-refractivity contribution in [2.24, 2.45) is 7.05 Å². The van der Waals surface area contributed by atoms with Gasteiger partial charge in [-0.25, -0.2) is 9.19 Å². The van der Waals surface area contributed by atoms with Crippen molar-refractivity contribution in [2.75, 3.05) is 24.9 Å². The van der Waals surface area contributed by atoms with Gasteiger partial charge in [0.25, 0.3) is 0 Å². The van der Waals surface area contributed by atoms with Gasteiger partial charge in [0, 0.05) is 18.8 Å². The van der Waals surface area contributed by atoms with E-state index in [0.29, 0.717) is 11.5 Å². The fraction of sp³-hybridized carbons (Fsp3) is 0.345. The Bertz CT molecular complexity index is 1620. The molecule has 1 fully saturated rings. The van der Waals surface area contributed by atoms with Crippen LogP contribution in [-0.2, 0) is 24.0 Å². The Morgan fingerprint density at radius 3 is 2.26 bits per heavy atom. The Morgan fingerprint density at radius 2 is 1.65 bits per heavy atom. The number of piperidine rings is 1. The van der Waals surface area contributed by atoms with Crippen molar-refractivity contribution in [1.29, 1.82) is 0 Å². The van der Waals surface area contributed by atoms with Crippen molar-refractivity contribution in [3.05, 3.63) is 77.6 Å². The molecule has 0 bridgehead atoms. The zero-order valence-corrected chi connectivity index (χ0v) is 24.3. The van der Waals surface area contributed by atoms with Crippen molar-refractivity contribution in [3.8, 4) is 22.9 Å². The number of halogens is 5. The lowest BCUT2D eigenvalue weighted by atomic mass is 9.90. The van der Waals surface area contributed by atoms with Gasteiger partial charge in [0.1, 0.15) is 11.3 Å². The average Bonchev–Trinajstić information content (AvgIpc) is 3.40. The molecule has 3 heterocycles. The molecule has 1 atom stereocenters. The van der Waals surface area contributed by atoms with Crippen LogP contribution in [0.4, 0.5) is 27.9 Å². The van der Waals surface area contributed by atoms with Gasteiger partial charge in [-0.3, -0.25) is 9.40 Å². The SMILES string of the molecule is Cc1ccccc1-c1nc(NS(=O)c2cnn(C)c2)nc(Oc2ccc(C3CCN(C)CC3)cc2)c1C(F)(F)C(F)(F)F. The van der Waals surface area contributed by atoms with Gasteiger partial charge in [0.2, 0.25) is 11.8 Å². The van der Waals surface area contributed by atoms with Crippen LogP contribution in [0.3, 0.4) is 0 Å². The first-order valence-electron chi connectivity index (χ1n) is 13.4. The van der Waals surface area contributed by atoms with Crippen molar-refractivity contribution in [2.45, 2.75) is 42.7 Å². The molecule has 0 radical (unpaired) electrons. The maximum Gasteiger partial charge on any atom is 0.458 e. The number of nitrogens with one attached hydrogen (secondary N) is 1. The smallest absolute Gasteiger partial charge is 0.438 e. The van der Waals surface area contributed by atoms with E-state index in [0.717, 1.165) is 31.5 Å². The minimum Gasteiger partial charge on any atom is -0.438 e. The van der Waals surface area contributed by atoms with Crippen LogP contribution in [0.1, 0.15) is 35.4 Å². The van der Waals surface area contributed by atoms with E-state index in [4.69, 9.17) is 4.74 Å². The summed E-state index contributed by atoms with van der Waals surface area (Å²) in [6.45, 7) is 3.41. The van der Waals surface area contributed by atoms with Gasteiger partial charge in [0.15, 0.2) is 11.0 Å². The first kappa shape index (κ1) is 30.5. The third-order valence-corrected chi connectivity index (χ3v) is 8.32. The van der Waals surface area contributed by atoms with Crippen molar-refractivity contribution < 1.29 is 30.9 Å². The number of rotatable bonds is 8. The summed E-state index contributed by atoms with van der Waals surface area (Å²) in [7, 11) is 1.63. The number of anilines is 1. The second-order valence-corrected chi connectivity index (χ2v) is 11.6.